The van der Waals surface area contributed by atoms with Crippen LogP contribution < -0.4 is 10.6 Å². The van der Waals surface area contributed by atoms with Crippen LogP contribution >= 0.6 is 15.9 Å². The van der Waals surface area contributed by atoms with Crippen molar-refractivity contribution in [3.8, 4) is 0 Å². The second kappa shape index (κ2) is 9.19. The first-order chi connectivity index (χ1) is 13.9. The van der Waals surface area contributed by atoms with Gasteiger partial charge in [-0.15, -0.1) is 0 Å². The summed E-state index contributed by atoms with van der Waals surface area (Å²) in [5.74, 6) is -0.266. The van der Waals surface area contributed by atoms with E-state index >= 15 is 0 Å². The Hall–Kier alpha value is -2.71. The van der Waals surface area contributed by atoms with Gasteiger partial charge in [0.15, 0.2) is 0 Å². The van der Waals surface area contributed by atoms with Crippen LogP contribution in [0.5, 0.6) is 0 Å². The van der Waals surface area contributed by atoms with E-state index in [4.69, 9.17) is 0 Å². The Morgan fingerprint density at radius 2 is 1.83 bits per heavy atom. The highest BCUT2D eigenvalue weighted by Crippen LogP contribution is 2.30. The standard InChI is InChI=1S/C21H20BrN3O3S/c1-15-5-8-18(9-6-15)29(27,28)20-12-16(22)7-10-19(20)24-14-21(26)25-13-17-4-2-3-11-23-17/h2-12,24H,13-14H2,1H3,(H,25,26). The van der Waals surface area contributed by atoms with Crippen LogP contribution in [0.15, 0.2) is 81.1 Å². The molecule has 6 nitrogen and oxygen atoms in total. The molecule has 0 saturated heterocycles. The lowest BCUT2D eigenvalue weighted by molar-refractivity contribution is -0.119. The maximum absolute atomic E-state index is 13.1. The molecule has 0 unspecified atom stereocenters. The fourth-order valence-corrected chi connectivity index (χ4v) is 4.61. The number of pyridine rings is 1. The summed E-state index contributed by atoms with van der Waals surface area (Å²) in [5.41, 5.74) is 2.08. The lowest BCUT2D eigenvalue weighted by atomic mass is 10.2. The lowest BCUT2D eigenvalue weighted by Crippen LogP contribution is -2.30. The van der Waals surface area contributed by atoms with E-state index in [9.17, 15) is 13.2 Å². The minimum absolute atomic E-state index is 0.0646. The van der Waals surface area contributed by atoms with Crippen LogP contribution in [-0.4, -0.2) is 25.9 Å². The quantitative estimate of drug-likeness (QED) is 0.545. The van der Waals surface area contributed by atoms with Crippen LogP contribution in [-0.2, 0) is 21.2 Å². The average molecular weight is 474 g/mol. The largest absolute Gasteiger partial charge is 0.375 e. The number of sulfone groups is 1. The van der Waals surface area contributed by atoms with Gasteiger partial charge in [-0.3, -0.25) is 9.78 Å². The molecule has 0 aliphatic rings. The number of aromatic nitrogens is 1. The Balaban J connectivity index is 1.75. The summed E-state index contributed by atoms with van der Waals surface area (Å²) in [6.45, 7) is 2.13. The fraction of sp³-hybridized carbons (Fsp3) is 0.143. The van der Waals surface area contributed by atoms with Gasteiger partial charge in [-0.2, -0.15) is 0 Å². The Kier molecular flexibility index (Phi) is 6.66. The molecule has 0 radical (unpaired) electrons. The highest BCUT2D eigenvalue weighted by molar-refractivity contribution is 9.10. The molecule has 0 fully saturated rings. The first-order valence-electron chi connectivity index (χ1n) is 8.88. The normalized spacial score (nSPS) is 11.1. The number of halogens is 1. The van der Waals surface area contributed by atoms with Gasteiger partial charge in [-0.05, 0) is 49.4 Å². The average Bonchev–Trinajstić information content (AvgIpc) is 2.72. The Bertz CT molecular complexity index is 1100. The summed E-state index contributed by atoms with van der Waals surface area (Å²) in [6, 6.07) is 17.0. The van der Waals surface area contributed by atoms with E-state index in [1.165, 1.54) is 6.07 Å². The summed E-state index contributed by atoms with van der Waals surface area (Å²) in [4.78, 5) is 16.6. The molecule has 8 heteroatoms. The van der Waals surface area contributed by atoms with E-state index < -0.39 is 9.84 Å². The number of hydrogen-bond acceptors (Lipinski definition) is 5. The van der Waals surface area contributed by atoms with E-state index in [1.807, 2.05) is 19.1 Å². The van der Waals surface area contributed by atoms with Crippen molar-refractivity contribution in [1.29, 1.82) is 0 Å². The van der Waals surface area contributed by atoms with Crippen molar-refractivity contribution in [3.05, 3.63) is 82.6 Å². The number of carbonyl (C=O) groups is 1. The van der Waals surface area contributed by atoms with E-state index in [-0.39, 0.29) is 22.2 Å². The highest BCUT2D eigenvalue weighted by Gasteiger charge is 2.22. The molecule has 0 aliphatic heterocycles. The maximum Gasteiger partial charge on any atom is 0.239 e. The number of aryl methyl sites for hydroxylation is 1. The van der Waals surface area contributed by atoms with Crippen molar-refractivity contribution in [2.24, 2.45) is 0 Å². The summed E-state index contributed by atoms with van der Waals surface area (Å²) in [5, 5.41) is 5.69. The number of carbonyl (C=O) groups excluding carboxylic acids is 1. The Morgan fingerprint density at radius 1 is 1.07 bits per heavy atom. The first-order valence-corrected chi connectivity index (χ1v) is 11.2. The zero-order valence-corrected chi connectivity index (χ0v) is 18.1. The third kappa shape index (κ3) is 5.42. The van der Waals surface area contributed by atoms with Gasteiger partial charge in [0.2, 0.25) is 15.7 Å². The summed E-state index contributed by atoms with van der Waals surface area (Å²) in [7, 11) is -3.75. The van der Waals surface area contributed by atoms with Gasteiger partial charge in [-0.25, -0.2) is 8.42 Å². The third-order valence-corrected chi connectivity index (χ3v) is 6.50. The molecular weight excluding hydrogens is 454 g/mol. The van der Waals surface area contributed by atoms with Crippen molar-refractivity contribution in [3.63, 3.8) is 0 Å². The number of hydrogen-bond donors (Lipinski definition) is 2. The van der Waals surface area contributed by atoms with Crippen molar-refractivity contribution < 1.29 is 13.2 Å². The molecule has 3 rings (SSSR count). The molecule has 0 saturated carbocycles. The zero-order chi connectivity index (χ0) is 20.9. The van der Waals surface area contributed by atoms with Gasteiger partial charge in [0.05, 0.1) is 34.3 Å². The topological polar surface area (TPSA) is 88.2 Å². The molecule has 1 aromatic heterocycles. The maximum atomic E-state index is 13.1. The molecule has 2 N–H and O–H groups in total. The van der Waals surface area contributed by atoms with Crippen LogP contribution in [0.3, 0.4) is 0 Å². The molecule has 1 amide bonds. The number of benzene rings is 2. The number of amides is 1. The van der Waals surface area contributed by atoms with Gasteiger partial charge in [-0.1, -0.05) is 39.7 Å². The van der Waals surface area contributed by atoms with E-state index in [0.29, 0.717) is 16.7 Å². The van der Waals surface area contributed by atoms with Crippen LogP contribution in [0, 0.1) is 6.92 Å². The van der Waals surface area contributed by atoms with E-state index in [0.717, 1.165) is 11.3 Å². The molecular formula is C21H20BrN3O3S. The number of rotatable bonds is 7. The lowest BCUT2D eigenvalue weighted by Gasteiger charge is -2.13. The number of nitrogens with one attached hydrogen (secondary N) is 2. The highest BCUT2D eigenvalue weighted by atomic mass is 79.9. The van der Waals surface area contributed by atoms with Crippen LogP contribution in [0.2, 0.25) is 0 Å². The predicted octanol–water partition coefficient (Wildman–Crippen LogP) is 3.71. The molecule has 29 heavy (non-hydrogen) atoms. The molecule has 2 aromatic carbocycles. The van der Waals surface area contributed by atoms with Gasteiger partial charge < -0.3 is 10.6 Å². The minimum Gasteiger partial charge on any atom is -0.375 e. The molecule has 3 aromatic rings. The second-order valence-corrected chi connectivity index (χ2v) is 9.24. The number of nitrogens with zero attached hydrogens (tertiary/aromatic N) is 1. The SMILES string of the molecule is Cc1ccc(S(=O)(=O)c2cc(Br)ccc2NCC(=O)NCc2ccccn2)cc1. The zero-order valence-electron chi connectivity index (χ0n) is 15.7. The molecule has 0 bridgehead atoms. The van der Waals surface area contributed by atoms with Crippen molar-refractivity contribution >= 4 is 37.4 Å². The molecule has 0 aliphatic carbocycles. The van der Waals surface area contributed by atoms with Gasteiger partial charge in [0.1, 0.15) is 0 Å². The van der Waals surface area contributed by atoms with E-state index in [1.54, 1.807) is 48.7 Å². The molecule has 1 heterocycles. The Morgan fingerprint density at radius 3 is 2.52 bits per heavy atom. The van der Waals surface area contributed by atoms with Crippen LogP contribution in [0.4, 0.5) is 5.69 Å². The molecule has 0 spiro atoms. The van der Waals surface area contributed by atoms with Crippen LogP contribution in [0.25, 0.3) is 0 Å². The monoisotopic (exact) mass is 473 g/mol. The first kappa shape index (κ1) is 21.0. The van der Waals surface area contributed by atoms with Gasteiger partial charge in [0, 0.05) is 10.7 Å². The second-order valence-electron chi connectivity index (χ2n) is 6.41. The van der Waals surface area contributed by atoms with Gasteiger partial charge >= 0.3 is 0 Å². The van der Waals surface area contributed by atoms with Crippen molar-refractivity contribution in [1.82, 2.24) is 10.3 Å². The molecule has 150 valence electrons. The summed E-state index contributed by atoms with van der Waals surface area (Å²) >= 11 is 3.33. The summed E-state index contributed by atoms with van der Waals surface area (Å²) in [6.07, 6.45) is 1.66. The van der Waals surface area contributed by atoms with Crippen molar-refractivity contribution in [2.45, 2.75) is 23.3 Å². The molecule has 0 atom stereocenters. The third-order valence-electron chi connectivity index (χ3n) is 4.20. The number of anilines is 1. The summed E-state index contributed by atoms with van der Waals surface area (Å²) < 4.78 is 26.8. The fourth-order valence-electron chi connectivity index (χ4n) is 2.64. The predicted molar refractivity (Wildman–Crippen MR) is 115 cm³/mol. The minimum atomic E-state index is -3.75. The van der Waals surface area contributed by atoms with Gasteiger partial charge in [0.25, 0.3) is 0 Å². The van der Waals surface area contributed by atoms with E-state index in [2.05, 4.69) is 31.5 Å². The Labute approximate surface area is 178 Å². The van der Waals surface area contributed by atoms with Crippen molar-refractivity contribution in [2.75, 3.05) is 11.9 Å². The van der Waals surface area contributed by atoms with Crippen LogP contribution in [0.1, 0.15) is 11.3 Å². The smallest absolute Gasteiger partial charge is 0.239 e.